The van der Waals surface area contributed by atoms with Crippen LogP contribution >= 0.6 is 11.3 Å². The number of ether oxygens (including phenoxy) is 1. The maximum Gasteiger partial charge on any atom is 0.321 e. The van der Waals surface area contributed by atoms with E-state index in [-0.39, 0.29) is 12.1 Å². The number of methoxy groups -OCH3 is 1. The van der Waals surface area contributed by atoms with Crippen LogP contribution in [0.3, 0.4) is 0 Å². The molecule has 2 heterocycles. The van der Waals surface area contributed by atoms with Crippen molar-refractivity contribution in [2.75, 3.05) is 19.0 Å². The van der Waals surface area contributed by atoms with Gasteiger partial charge in [0.1, 0.15) is 0 Å². The van der Waals surface area contributed by atoms with Crippen molar-refractivity contribution in [2.45, 2.75) is 12.5 Å². The summed E-state index contributed by atoms with van der Waals surface area (Å²) in [5.41, 5.74) is 2.81. The van der Waals surface area contributed by atoms with Gasteiger partial charge >= 0.3 is 6.03 Å². The van der Waals surface area contributed by atoms with Crippen LogP contribution in [0.4, 0.5) is 9.93 Å². The highest BCUT2D eigenvalue weighted by Gasteiger charge is 2.15. The number of thiazole rings is 1. The molecular formula is C19H20N4O2S. The molecule has 0 saturated heterocycles. The molecular weight excluding hydrogens is 348 g/mol. The molecule has 0 aliphatic rings. The molecule has 0 unspecified atom stereocenters. The van der Waals surface area contributed by atoms with E-state index < -0.39 is 0 Å². The molecule has 0 spiro atoms. The van der Waals surface area contributed by atoms with Gasteiger partial charge in [-0.3, -0.25) is 10.3 Å². The predicted molar refractivity (Wildman–Crippen MR) is 103 cm³/mol. The van der Waals surface area contributed by atoms with E-state index in [2.05, 4.69) is 20.6 Å². The Hall–Kier alpha value is -2.77. The van der Waals surface area contributed by atoms with Crippen LogP contribution in [0, 0.1) is 0 Å². The molecule has 0 saturated carbocycles. The monoisotopic (exact) mass is 368 g/mol. The number of pyridine rings is 1. The van der Waals surface area contributed by atoms with Crippen molar-refractivity contribution in [3.63, 3.8) is 0 Å². The topological polar surface area (TPSA) is 76.1 Å². The first-order valence-corrected chi connectivity index (χ1v) is 9.11. The van der Waals surface area contributed by atoms with Gasteiger partial charge < -0.3 is 10.1 Å². The number of anilines is 1. The Morgan fingerprint density at radius 3 is 2.69 bits per heavy atom. The van der Waals surface area contributed by atoms with Gasteiger partial charge in [0.05, 0.1) is 11.7 Å². The summed E-state index contributed by atoms with van der Waals surface area (Å²) in [6.45, 7) is 0.559. The summed E-state index contributed by atoms with van der Waals surface area (Å²) in [7, 11) is 1.65. The minimum absolute atomic E-state index is 0.129. The van der Waals surface area contributed by atoms with Crippen molar-refractivity contribution in [3.05, 3.63) is 65.8 Å². The number of rotatable bonds is 7. The SMILES string of the molecule is COCC[C@H](NC(=O)Nc1nc(-c2ccncc2)cs1)c1ccccc1. The fraction of sp³-hybridized carbons (Fsp3) is 0.211. The lowest BCUT2D eigenvalue weighted by atomic mass is 10.0. The number of carbonyl (C=O) groups is 1. The maximum absolute atomic E-state index is 12.4. The summed E-state index contributed by atoms with van der Waals surface area (Å²) < 4.78 is 5.16. The van der Waals surface area contributed by atoms with Gasteiger partial charge in [0.25, 0.3) is 0 Å². The Labute approximate surface area is 156 Å². The number of hydrogen-bond donors (Lipinski definition) is 2. The molecule has 1 atom stereocenters. The molecule has 0 radical (unpaired) electrons. The molecule has 2 aromatic heterocycles. The van der Waals surface area contributed by atoms with Crippen LogP contribution in [0.1, 0.15) is 18.0 Å². The second-order valence-electron chi connectivity index (χ2n) is 5.62. The Balaban J connectivity index is 1.64. The van der Waals surface area contributed by atoms with Crippen molar-refractivity contribution in [2.24, 2.45) is 0 Å². The van der Waals surface area contributed by atoms with E-state index in [1.54, 1.807) is 19.5 Å². The average Bonchev–Trinajstić information content (AvgIpc) is 3.15. The molecule has 1 aromatic carbocycles. The first-order chi connectivity index (χ1) is 12.8. The number of aromatic nitrogens is 2. The molecule has 3 rings (SSSR count). The smallest absolute Gasteiger partial charge is 0.321 e. The lowest BCUT2D eigenvalue weighted by molar-refractivity contribution is 0.183. The van der Waals surface area contributed by atoms with E-state index in [0.29, 0.717) is 18.2 Å². The molecule has 0 bridgehead atoms. The molecule has 3 aromatic rings. The van der Waals surface area contributed by atoms with Crippen LogP contribution in [-0.2, 0) is 4.74 Å². The van der Waals surface area contributed by atoms with Gasteiger partial charge in [0, 0.05) is 37.1 Å². The van der Waals surface area contributed by atoms with Crippen LogP contribution in [0.5, 0.6) is 0 Å². The normalized spacial score (nSPS) is 11.7. The molecule has 0 fully saturated rings. The van der Waals surface area contributed by atoms with E-state index in [1.165, 1.54) is 11.3 Å². The maximum atomic E-state index is 12.4. The number of benzene rings is 1. The van der Waals surface area contributed by atoms with E-state index in [1.807, 2.05) is 47.8 Å². The molecule has 2 amide bonds. The summed E-state index contributed by atoms with van der Waals surface area (Å²) in [4.78, 5) is 20.9. The van der Waals surface area contributed by atoms with Gasteiger partial charge in [0.15, 0.2) is 5.13 Å². The van der Waals surface area contributed by atoms with Crippen molar-refractivity contribution in [1.29, 1.82) is 0 Å². The second kappa shape index (κ2) is 9.07. The zero-order valence-corrected chi connectivity index (χ0v) is 15.2. The highest BCUT2D eigenvalue weighted by molar-refractivity contribution is 7.14. The van der Waals surface area contributed by atoms with Gasteiger partial charge in [-0.25, -0.2) is 9.78 Å². The molecule has 6 nitrogen and oxygen atoms in total. The molecule has 26 heavy (non-hydrogen) atoms. The lowest BCUT2D eigenvalue weighted by Crippen LogP contribution is -2.33. The fourth-order valence-electron chi connectivity index (χ4n) is 2.52. The van der Waals surface area contributed by atoms with Gasteiger partial charge in [-0.05, 0) is 24.1 Å². The zero-order chi connectivity index (χ0) is 18.2. The molecule has 2 N–H and O–H groups in total. The predicted octanol–water partition coefficient (Wildman–Crippen LogP) is 4.10. The third kappa shape index (κ3) is 4.87. The summed E-state index contributed by atoms with van der Waals surface area (Å²) in [5, 5.41) is 8.26. The van der Waals surface area contributed by atoms with E-state index >= 15 is 0 Å². The van der Waals surface area contributed by atoms with E-state index in [4.69, 9.17) is 4.74 Å². The van der Waals surface area contributed by atoms with Crippen LogP contribution in [0.2, 0.25) is 0 Å². The van der Waals surface area contributed by atoms with Gasteiger partial charge in [0.2, 0.25) is 0 Å². The van der Waals surface area contributed by atoms with Crippen LogP contribution < -0.4 is 10.6 Å². The van der Waals surface area contributed by atoms with Gasteiger partial charge in [-0.1, -0.05) is 30.3 Å². The van der Waals surface area contributed by atoms with Crippen LogP contribution in [0.25, 0.3) is 11.3 Å². The highest BCUT2D eigenvalue weighted by atomic mass is 32.1. The quantitative estimate of drug-likeness (QED) is 0.658. The summed E-state index contributed by atoms with van der Waals surface area (Å²) >= 11 is 1.39. The number of amides is 2. The third-order valence-electron chi connectivity index (χ3n) is 3.82. The van der Waals surface area contributed by atoms with Crippen molar-refractivity contribution < 1.29 is 9.53 Å². The number of nitrogens with zero attached hydrogens (tertiary/aromatic N) is 2. The third-order valence-corrected chi connectivity index (χ3v) is 4.58. The van der Waals surface area contributed by atoms with Crippen LogP contribution in [0.15, 0.2) is 60.2 Å². The summed E-state index contributed by atoms with van der Waals surface area (Å²) in [6.07, 6.45) is 4.12. The Morgan fingerprint density at radius 1 is 1.19 bits per heavy atom. The van der Waals surface area contributed by atoms with Crippen molar-refractivity contribution >= 4 is 22.5 Å². The fourth-order valence-corrected chi connectivity index (χ4v) is 3.24. The Kier molecular flexibility index (Phi) is 6.29. The molecule has 0 aliphatic carbocycles. The second-order valence-corrected chi connectivity index (χ2v) is 6.48. The lowest BCUT2D eigenvalue weighted by Gasteiger charge is -2.18. The molecule has 0 aliphatic heterocycles. The molecule has 134 valence electrons. The zero-order valence-electron chi connectivity index (χ0n) is 14.4. The number of nitrogens with one attached hydrogen (secondary N) is 2. The minimum Gasteiger partial charge on any atom is -0.385 e. The van der Waals surface area contributed by atoms with Crippen molar-refractivity contribution in [3.8, 4) is 11.3 Å². The first kappa shape index (κ1) is 18.0. The Bertz CT molecular complexity index is 824. The van der Waals surface area contributed by atoms with E-state index in [0.717, 1.165) is 16.8 Å². The van der Waals surface area contributed by atoms with E-state index in [9.17, 15) is 4.79 Å². The Morgan fingerprint density at radius 2 is 1.96 bits per heavy atom. The summed E-state index contributed by atoms with van der Waals surface area (Å²) in [5.74, 6) is 0. The summed E-state index contributed by atoms with van der Waals surface area (Å²) in [6, 6.07) is 13.2. The number of carbonyl (C=O) groups excluding carboxylic acids is 1. The van der Waals surface area contributed by atoms with Gasteiger partial charge in [-0.2, -0.15) is 0 Å². The van der Waals surface area contributed by atoms with Crippen molar-refractivity contribution in [1.82, 2.24) is 15.3 Å². The average molecular weight is 368 g/mol. The van der Waals surface area contributed by atoms with Gasteiger partial charge in [-0.15, -0.1) is 11.3 Å². The largest absolute Gasteiger partial charge is 0.385 e. The standard InChI is InChI=1S/C19H20N4O2S/c1-25-12-9-16(14-5-3-2-4-6-14)21-18(24)23-19-22-17(13-26-19)15-7-10-20-11-8-15/h2-8,10-11,13,16H,9,12H2,1H3,(H2,21,22,23,24)/t16-/m0/s1. The molecule has 7 heteroatoms. The number of hydrogen-bond acceptors (Lipinski definition) is 5. The first-order valence-electron chi connectivity index (χ1n) is 8.23. The number of urea groups is 1. The minimum atomic E-state index is -0.286. The highest BCUT2D eigenvalue weighted by Crippen LogP contribution is 2.24. The van der Waals surface area contributed by atoms with Crippen LogP contribution in [-0.4, -0.2) is 29.7 Å².